The summed E-state index contributed by atoms with van der Waals surface area (Å²) in [6, 6.07) is 3.75. The largest absolute Gasteiger partial charge is 0.351 e. The van der Waals surface area contributed by atoms with Crippen LogP contribution in [0, 0.1) is 34.2 Å². The maximum atomic E-state index is 13.7. The van der Waals surface area contributed by atoms with E-state index in [1.807, 2.05) is 6.07 Å². The number of halogens is 1. The van der Waals surface area contributed by atoms with Crippen LogP contribution in [0.15, 0.2) is 12.1 Å². The zero-order valence-corrected chi connectivity index (χ0v) is 9.57. The van der Waals surface area contributed by atoms with Crippen molar-refractivity contribution in [1.82, 2.24) is 5.32 Å². The Morgan fingerprint density at radius 3 is 2.83 bits per heavy atom. The molecule has 1 aromatic rings. The van der Waals surface area contributed by atoms with E-state index in [2.05, 4.69) is 5.32 Å². The normalized spacial score (nSPS) is 9.61. The van der Waals surface area contributed by atoms with E-state index in [-0.39, 0.29) is 29.8 Å². The highest BCUT2D eigenvalue weighted by atomic mass is 19.1. The maximum Gasteiger partial charge on any atom is 0.270 e. The second-order valence-electron chi connectivity index (χ2n) is 3.55. The van der Waals surface area contributed by atoms with Gasteiger partial charge in [-0.1, -0.05) is 0 Å². The van der Waals surface area contributed by atoms with E-state index in [1.165, 1.54) is 6.92 Å². The van der Waals surface area contributed by atoms with Crippen LogP contribution in [0.5, 0.6) is 0 Å². The fourth-order valence-electron chi connectivity index (χ4n) is 1.35. The van der Waals surface area contributed by atoms with Crippen LogP contribution in [-0.2, 0) is 0 Å². The number of amides is 1. The molecule has 0 aliphatic heterocycles. The molecular formula is C11H10FN3O3. The number of nitriles is 1. The van der Waals surface area contributed by atoms with Gasteiger partial charge in [0, 0.05) is 18.7 Å². The first-order valence-corrected chi connectivity index (χ1v) is 5.07. The third-order valence-corrected chi connectivity index (χ3v) is 2.22. The van der Waals surface area contributed by atoms with Crippen molar-refractivity contribution < 1.29 is 14.1 Å². The highest BCUT2D eigenvalue weighted by molar-refractivity contribution is 5.95. The monoisotopic (exact) mass is 251 g/mol. The Labute approximate surface area is 102 Å². The highest BCUT2D eigenvalue weighted by Crippen LogP contribution is 2.20. The number of carbonyl (C=O) groups is 1. The van der Waals surface area contributed by atoms with Crippen molar-refractivity contribution in [3.63, 3.8) is 0 Å². The summed E-state index contributed by atoms with van der Waals surface area (Å²) < 4.78 is 13.7. The van der Waals surface area contributed by atoms with Gasteiger partial charge in [-0.15, -0.1) is 0 Å². The van der Waals surface area contributed by atoms with Crippen molar-refractivity contribution in [1.29, 1.82) is 5.26 Å². The number of non-ortho nitro benzene ring substituents is 1. The lowest BCUT2D eigenvalue weighted by atomic mass is 10.1. The summed E-state index contributed by atoms with van der Waals surface area (Å²) in [4.78, 5) is 21.5. The molecule has 0 atom stereocenters. The van der Waals surface area contributed by atoms with Gasteiger partial charge in [-0.25, -0.2) is 4.39 Å². The number of hydrogen-bond acceptors (Lipinski definition) is 4. The molecule has 0 aromatic heterocycles. The third kappa shape index (κ3) is 3.01. The van der Waals surface area contributed by atoms with Crippen LogP contribution in [-0.4, -0.2) is 17.4 Å². The van der Waals surface area contributed by atoms with E-state index < -0.39 is 16.6 Å². The zero-order valence-electron chi connectivity index (χ0n) is 9.57. The quantitative estimate of drug-likeness (QED) is 0.500. The molecule has 6 nitrogen and oxygen atoms in total. The van der Waals surface area contributed by atoms with Gasteiger partial charge in [0.15, 0.2) is 0 Å². The summed E-state index contributed by atoms with van der Waals surface area (Å²) >= 11 is 0. The van der Waals surface area contributed by atoms with Crippen LogP contribution in [0.3, 0.4) is 0 Å². The molecule has 0 radical (unpaired) electrons. The van der Waals surface area contributed by atoms with Gasteiger partial charge in [0.05, 0.1) is 23.0 Å². The van der Waals surface area contributed by atoms with Gasteiger partial charge >= 0.3 is 0 Å². The first-order valence-electron chi connectivity index (χ1n) is 5.07. The SMILES string of the molecule is Cc1cc([N+](=O)[O-])cc(C(=O)NCCC#N)c1F. The fraction of sp³-hybridized carbons (Fsp3) is 0.273. The van der Waals surface area contributed by atoms with Crippen LogP contribution in [0.2, 0.25) is 0 Å². The number of nitrogens with zero attached hydrogens (tertiary/aromatic N) is 2. The zero-order chi connectivity index (χ0) is 13.7. The number of nitrogens with one attached hydrogen (secondary N) is 1. The molecule has 1 rings (SSSR count). The average Bonchev–Trinajstić information content (AvgIpc) is 2.32. The van der Waals surface area contributed by atoms with E-state index in [0.29, 0.717) is 0 Å². The first-order chi connectivity index (χ1) is 8.47. The molecule has 0 aliphatic rings. The lowest BCUT2D eigenvalue weighted by molar-refractivity contribution is -0.385. The minimum absolute atomic E-state index is 0.0228. The van der Waals surface area contributed by atoms with Crippen molar-refractivity contribution in [2.24, 2.45) is 0 Å². The van der Waals surface area contributed by atoms with Crippen LogP contribution in [0.4, 0.5) is 10.1 Å². The molecule has 0 heterocycles. The average molecular weight is 251 g/mol. The summed E-state index contributed by atoms with van der Waals surface area (Å²) in [5, 5.41) is 21.2. The Morgan fingerprint density at radius 1 is 1.61 bits per heavy atom. The smallest absolute Gasteiger partial charge is 0.270 e. The number of rotatable bonds is 4. The number of nitro benzene ring substituents is 1. The Morgan fingerprint density at radius 2 is 2.28 bits per heavy atom. The van der Waals surface area contributed by atoms with E-state index in [0.717, 1.165) is 12.1 Å². The number of aryl methyl sites for hydroxylation is 1. The molecule has 0 bridgehead atoms. The molecule has 94 valence electrons. The standard InChI is InChI=1S/C11H10FN3O3/c1-7-5-8(15(17)18)6-9(10(7)12)11(16)14-4-2-3-13/h5-6H,2,4H2,1H3,(H,14,16). The number of hydrogen-bond donors (Lipinski definition) is 1. The molecular weight excluding hydrogens is 241 g/mol. The molecule has 1 aromatic carbocycles. The molecule has 0 saturated carbocycles. The van der Waals surface area contributed by atoms with E-state index in [9.17, 15) is 19.3 Å². The molecule has 0 aliphatic carbocycles. The van der Waals surface area contributed by atoms with Crippen molar-refractivity contribution in [3.8, 4) is 6.07 Å². The third-order valence-electron chi connectivity index (χ3n) is 2.22. The topological polar surface area (TPSA) is 96.0 Å². The Kier molecular flexibility index (Phi) is 4.32. The van der Waals surface area contributed by atoms with E-state index in [4.69, 9.17) is 5.26 Å². The Balaban J connectivity index is 3.04. The summed E-state index contributed by atoms with van der Waals surface area (Å²) in [7, 11) is 0. The predicted molar refractivity (Wildman–Crippen MR) is 60.4 cm³/mol. The lowest BCUT2D eigenvalue weighted by Gasteiger charge is -2.06. The van der Waals surface area contributed by atoms with Gasteiger partial charge in [-0.05, 0) is 12.5 Å². The molecule has 0 saturated heterocycles. The molecule has 18 heavy (non-hydrogen) atoms. The molecule has 0 unspecified atom stereocenters. The van der Waals surface area contributed by atoms with Crippen molar-refractivity contribution in [2.45, 2.75) is 13.3 Å². The maximum absolute atomic E-state index is 13.7. The summed E-state index contributed by atoms with van der Waals surface area (Å²) in [6.07, 6.45) is 0.0846. The molecule has 0 spiro atoms. The van der Waals surface area contributed by atoms with Gasteiger partial charge in [-0.3, -0.25) is 14.9 Å². The molecule has 7 heteroatoms. The molecule has 1 amide bonds. The minimum Gasteiger partial charge on any atom is -0.351 e. The summed E-state index contributed by atoms with van der Waals surface area (Å²) in [5.74, 6) is -1.57. The minimum atomic E-state index is -0.796. The second-order valence-corrected chi connectivity index (χ2v) is 3.55. The van der Waals surface area contributed by atoms with Gasteiger partial charge in [0.1, 0.15) is 5.82 Å². The van der Waals surface area contributed by atoms with E-state index >= 15 is 0 Å². The Hall–Kier alpha value is -2.49. The second kappa shape index (κ2) is 5.72. The molecule has 0 fully saturated rings. The highest BCUT2D eigenvalue weighted by Gasteiger charge is 2.19. The van der Waals surface area contributed by atoms with Gasteiger partial charge < -0.3 is 5.32 Å². The van der Waals surface area contributed by atoms with Gasteiger partial charge in [0.25, 0.3) is 11.6 Å². The van der Waals surface area contributed by atoms with Crippen LogP contribution in [0.1, 0.15) is 22.3 Å². The van der Waals surface area contributed by atoms with Crippen LogP contribution < -0.4 is 5.32 Å². The number of benzene rings is 1. The van der Waals surface area contributed by atoms with Crippen molar-refractivity contribution in [2.75, 3.05) is 6.54 Å². The molecule has 1 N–H and O–H groups in total. The summed E-state index contributed by atoms with van der Waals surface area (Å²) in [6.45, 7) is 1.41. The first kappa shape index (κ1) is 13.6. The summed E-state index contributed by atoms with van der Waals surface area (Å²) in [5.41, 5.74) is -0.714. The van der Waals surface area contributed by atoms with Crippen molar-refractivity contribution >= 4 is 11.6 Å². The van der Waals surface area contributed by atoms with Gasteiger partial charge in [-0.2, -0.15) is 5.26 Å². The lowest BCUT2D eigenvalue weighted by Crippen LogP contribution is -2.25. The van der Waals surface area contributed by atoms with Crippen LogP contribution >= 0.6 is 0 Å². The fourth-order valence-corrected chi connectivity index (χ4v) is 1.35. The predicted octanol–water partition coefficient (Wildman–Crippen LogP) is 1.69. The van der Waals surface area contributed by atoms with Gasteiger partial charge in [0.2, 0.25) is 0 Å². The Bertz CT molecular complexity index is 537. The number of nitro groups is 1. The van der Waals surface area contributed by atoms with Crippen molar-refractivity contribution in [3.05, 3.63) is 39.2 Å². The number of carbonyl (C=O) groups excluding carboxylic acids is 1. The van der Waals surface area contributed by atoms with E-state index in [1.54, 1.807) is 0 Å². The van der Waals surface area contributed by atoms with Crippen LogP contribution in [0.25, 0.3) is 0 Å².